The molecule has 0 atom stereocenters. The monoisotopic (exact) mass is 234 g/mol. The lowest BCUT2D eigenvalue weighted by molar-refractivity contribution is -0.118. The molecule has 2 N–H and O–H groups in total. The maximum absolute atomic E-state index is 13.7. The predicted molar refractivity (Wildman–Crippen MR) is 62.1 cm³/mol. The molecule has 0 saturated heterocycles. The fraction of sp³-hybridized carbons (Fsp3) is 0.167. The highest BCUT2D eigenvalue weighted by atomic mass is 19.1. The second-order valence-corrected chi connectivity index (χ2v) is 3.84. The van der Waals surface area contributed by atoms with Crippen LogP contribution in [0.2, 0.25) is 0 Å². The maximum Gasteiger partial charge on any atom is 0.237 e. The average Bonchev–Trinajstić information content (AvgIpc) is 2.24. The van der Waals surface area contributed by atoms with Crippen molar-refractivity contribution >= 4 is 16.8 Å². The Balaban J connectivity index is 2.90. The van der Waals surface area contributed by atoms with E-state index in [2.05, 4.69) is 0 Å². The number of aromatic nitrogens is 1. The van der Waals surface area contributed by atoms with Gasteiger partial charge < -0.3 is 10.3 Å². The van der Waals surface area contributed by atoms with E-state index >= 15 is 0 Å². The number of pyridine rings is 1. The van der Waals surface area contributed by atoms with Gasteiger partial charge in [-0.15, -0.1) is 0 Å². The number of rotatable bonds is 2. The number of fused-ring (bicyclic) bond motifs is 1. The Morgan fingerprint density at radius 3 is 2.82 bits per heavy atom. The first-order chi connectivity index (χ1) is 8.00. The first-order valence-corrected chi connectivity index (χ1v) is 5.07. The lowest BCUT2D eigenvalue weighted by Crippen LogP contribution is -2.22. The molecule has 17 heavy (non-hydrogen) atoms. The van der Waals surface area contributed by atoms with Gasteiger partial charge in [0.05, 0.1) is 5.52 Å². The molecule has 0 spiro atoms. The Hall–Kier alpha value is -2.17. The molecule has 4 nitrogen and oxygen atoms in total. The fourth-order valence-electron chi connectivity index (χ4n) is 1.87. The molecule has 1 heterocycles. The number of primary amides is 1. The van der Waals surface area contributed by atoms with Crippen LogP contribution in [0, 0.1) is 12.7 Å². The van der Waals surface area contributed by atoms with Crippen molar-refractivity contribution in [2.75, 3.05) is 0 Å². The molecule has 1 aromatic heterocycles. The van der Waals surface area contributed by atoms with Gasteiger partial charge in [-0.05, 0) is 19.1 Å². The number of nitrogens with two attached hydrogens (primary N) is 1. The molecule has 1 aromatic carbocycles. The fourth-order valence-corrected chi connectivity index (χ4v) is 1.87. The van der Waals surface area contributed by atoms with Crippen LogP contribution in [-0.2, 0) is 11.3 Å². The Morgan fingerprint density at radius 2 is 2.18 bits per heavy atom. The smallest absolute Gasteiger partial charge is 0.237 e. The Bertz CT molecular complexity index is 661. The topological polar surface area (TPSA) is 65.1 Å². The van der Waals surface area contributed by atoms with Crippen molar-refractivity contribution in [3.8, 4) is 0 Å². The summed E-state index contributed by atoms with van der Waals surface area (Å²) in [5, 5.41) is 0.247. The van der Waals surface area contributed by atoms with Crippen molar-refractivity contribution in [1.29, 1.82) is 0 Å². The number of hydrogen-bond donors (Lipinski definition) is 1. The third kappa shape index (κ3) is 1.91. The summed E-state index contributed by atoms with van der Waals surface area (Å²) in [6, 6.07) is 5.60. The summed E-state index contributed by atoms with van der Waals surface area (Å²) < 4.78 is 15.2. The van der Waals surface area contributed by atoms with Gasteiger partial charge in [-0.25, -0.2) is 4.39 Å². The number of para-hydroxylation sites is 1. The van der Waals surface area contributed by atoms with E-state index in [1.807, 2.05) is 0 Å². The van der Waals surface area contributed by atoms with Crippen molar-refractivity contribution in [3.63, 3.8) is 0 Å². The maximum atomic E-state index is 13.7. The van der Waals surface area contributed by atoms with Crippen LogP contribution in [0.3, 0.4) is 0 Å². The van der Waals surface area contributed by atoms with E-state index in [-0.39, 0.29) is 22.9 Å². The second kappa shape index (κ2) is 4.01. The largest absolute Gasteiger partial charge is 0.368 e. The summed E-state index contributed by atoms with van der Waals surface area (Å²) in [6.07, 6.45) is 0. The third-order valence-corrected chi connectivity index (χ3v) is 2.60. The van der Waals surface area contributed by atoms with E-state index in [0.29, 0.717) is 5.69 Å². The molecule has 0 aliphatic carbocycles. The lowest BCUT2D eigenvalue weighted by Gasteiger charge is -2.13. The Labute approximate surface area is 96.5 Å². The number of amides is 1. The van der Waals surface area contributed by atoms with Gasteiger partial charge in [0.25, 0.3) is 0 Å². The standard InChI is InChI=1S/C12H11FN2O2/c1-7-5-10(16)8-3-2-4-9(13)12(8)15(7)6-11(14)17/h2-5H,6H2,1H3,(H2,14,17). The highest BCUT2D eigenvalue weighted by Crippen LogP contribution is 2.16. The normalized spacial score (nSPS) is 10.7. The molecule has 0 fully saturated rings. The Morgan fingerprint density at radius 1 is 1.47 bits per heavy atom. The predicted octanol–water partition coefficient (Wildman–Crippen LogP) is 0.934. The second-order valence-electron chi connectivity index (χ2n) is 3.84. The van der Waals surface area contributed by atoms with E-state index in [1.54, 1.807) is 6.92 Å². The quantitative estimate of drug-likeness (QED) is 0.840. The van der Waals surface area contributed by atoms with Crippen LogP contribution in [0.25, 0.3) is 10.9 Å². The van der Waals surface area contributed by atoms with Crippen molar-refractivity contribution in [2.24, 2.45) is 5.73 Å². The van der Waals surface area contributed by atoms with Gasteiger partial charge >= 0.3 is 0 Å². The molecule has 0 bridgehead atoms. The number of halogens is 1. The van der Waals surface area contributed by atoms with Crippen molar-refractivity contribution in [3.05, 3.63) is 46.0 Å². The molecule has 0 radical (unpaired) electrons. The van der Waals surface area contributed by atoms with Crippen LogP contribution >= 0.6 is 0 Å². The molecule has 2 aromatic rings. The number of carbonyl (C=O) groups excluding carboxylic acids is 1. The van der Waals surface area contributed by atoms with Gasteiger partial charge in [0.2, 0.25) is 5.91 Å². The van der Waals surface area contributed by atoms with Crippen molar-refractivity contribution in [2.45, 2.75) is 13.5 Å². The van der Waals surface area contributed by atoms with Crippen LogP contribution in [0.15, 0.2) is 29.1 Å². The molecule has 88 valence electrons. The molecular weight excluding hydrogens is 223 g/mol. The minimum atomic E-state index is -0.582. The first-order valence-electron chi connectivity index (χ1n) is 5.07. The molecule has 1 amide bonds. The van der Waals surface area contributed by atoms with E-state index in [4.69, 9.17) is 5.73 Å². The SMILES string of the molecule is Cc1cc(=O)c2cccc(F)c2n1CC(N)=O. The zero-order valence-electron chi connectivity index (χ0n) is 9.24. The van der Waals surface area contributed by atoms with Gasteiger partial charge in [-0.3, -0.25) is 9.59 Å². The summed E-state index contributed by atoms with van der Waals surface area (Å²) in [5.74, 6) is -1.12. The van der Waals surface area contributed by atoms with Crippen LogP contribution < -0.4 is 11.2 Å². The lowest BCUT2D eigenvalue weighted by atomic mass is 10.1. The van der Waals surface area contributed by atoms with E-state index in [1.165, 1.54) is 28.8 Å². The molecular formula is C12H11FN2O2. The minimum Gasteiger partial charge on any atom is -0.368 e. The third-order valence-electron chi connectivity index (χ3n) is 2.60. The van der Waals surface area contributed by atoms with Gasteiger partial charge in [-0.1, -0.05) is 6.07 Å². The molecule has 0 unspecified atom stereocenters. The van der Waals surface area contributed by atoms with Crippen LogP contribution in [-0.4, -0.2) is 10.5 Å². The number of aryl methyl sites for hydroxylation is 1. The van der Waals surface area contributed by atoms with E-state index in [0.717, 1.165) is 0 Å². The minimum absolute atomic E-state index is 0.122. The van der Waals surface area contributed by atoms with Gasteiger partial charge in [0.15, 0.2) is 5.43 Å². The van der Waals surface area contributed by atoms with Crippen molar-refractivity contribution in [1.82, 2.24) is 4.57 Å². The summed E-state index contributed by atoms with van der Waals surface area (Å²) in [4.78, 5) is 22.7. The first kappa shape index (κ1) is 11.3. The number of benzene rings is 1. The molecule has 0 aliphatic heterocycles. The zero-order chi connectivity index (χ0) is 12.6. The van der Waals surface area contributed by atoms with Gasteiger partial charge in [0, 0.05) is 17.1 Å². The number of hydrogen-bond acceptors (Lipinski definition) is 2. The zero-order valence-corrected chi connectivity index (χ0v) is 9.24. The molecule has 0 aliphatic rings. The summed E-state index contributed by atoms with van der Waals surface area (Å²) in [7, 11) is 0. The Kier molecular flexibility index (Phi) is 2.67. The summed E-state index contributed by atoms with van der Waals surface area (Å²) in [6.45, 7) is 1.49. The highest BCUT2D eigenvalue weighted by molar-refractivity contribution is 5.82. The van der Waals surface area contributed by atoms with Gasteiger partial charge in [0.1, 0.15) is 12.4 Å². The molecule has 0 saturated carbocycles. The van der Waals surface area contributed by atoms with Crippen molar-refractivity contribution < 1.29 is 9.18 Å². The summed E-state index contributed by atoms with van der Waals surface area (Å²) in [5.41, 5.74) is 5.47. The van der Waals surface area contributed by atoms with E-state index < -0.39 is 11.7 Å². The van der Waals surface area contributed by atoms with E-state index in [9.17, 15) is 14.0 Å². The van der Waals surface area contributed by atoms with Gasteiger partial charge in [-0.2, -0.15) is 0 Å². The molecule has 2 rings (SSSR count). The molecule has 5 heteroatoms. The number of carbonyl (C=O) groups is 1. The van der Waals surface area contributed by atoms with Crippen LogP contribution in [0.4, 0.5) is 4.39 Å². The number of nitrogens with zero attached hydrogens (tertiary/aromatic N) is 1. The van der Waals surface area contributed by atoms with Crippen LogP contribution in [0.1, 0.15) is 5.69 Å². The van der Waals surface area contributed by atoms with Crippen LogP contribution in [0.5, 0.6) is 0 Å². The average molecular weight is 234 g/mol. The summed E-state index contributed by atoms with van der Waals surface area (Å²) >= 11 is 0. The highest BCUT2D eigenvalue weighted by Gasteiger charge is 2.11.